The quantitative estimate of drug-likeness (QED) is 0.813. The van der Waals surface area contributed by atoms with Crippen LogP contribution in [0.5, 0.6) is 5.75 Å². The molecule has 0 saturated carbocycles. The van der Waals surface area contributed by atoms with E-state index in [-0.39, 0.29) is 0 Å². The predicted molar refractivity (Wildman–Crippen MR) is 76.2 cm³/mol. The average molecular weight is 262 g/mol. The van der Waals surface area contributed by atoms with Crippen molar-refractivity contribution in [1.29, 1.82) is 0 Å². The summed E-state index contributed by atoms with van der Waals surface area (Å²) in [7, 11) is 0. The van der Waals surface area contributed by atoms with Crippen molar-refractivity contribution >= 4 is 17.0 Å². The first-order valence-corrected chi connectivity index (χ1v) is 7.07. The zero-order chi connectivity index (χ0) is 12.8. The number of aromatic nitrogens is 1. The minimum absolute atomic E-state index is 0.638. The van der Waals surface area contributed by atoms with E-state index in [1.807, 2.05) is 24.3 Å². The summed E-state index contributed by atoms with van der Waals surface area (Å²) in [5, 5.41) is 3.34. The third-order valence-electron chi connectivity index (χ3n) is 2.55. The molecule has 0 radical (unpaired) electrons. The third kappa shape index (κ3) is 3.74. The number of hydrogen-bond donors (Lipinski definition) is 1. The van der Waals surface area contributed by atoms with Crippen LogP contribution in [0.2, 0.25) is 0 Å². The van der Waals surface area contributed by atoms with Gasteiger partial charge in [-0.2, -0.15) is 0 Å². The number of benzene rings is 1. The van der Waals surface area contributed by atoms with E-state index in [0.717, 1.165) is 36.4 Å². The van der Waals surface area contributed by atoms with Gasteiger partial charge in [-0.25, -0.2) is 4.98 Å². The lowest BCUT2D eigenvalue weighted by molar-refractivity contribution is 0.321. The van der Waals surface area contributed by atoms with Crippen molar-refractivity contribution in [2.45, 2.75) is 26.2 Å². The molecule has 3 nitrogen and oxygen atoms in total. The monoisotopic (exact) mass is 262 g/mol. The summed E-state index contributed by atoms with van der Waals surface area (Å²) < 4.78 is 5.64. The van der Waals surface area contributed by atoms with Gasteiger partial charge < -0.3 is 10.5 Å². The highest BCUT2D eigenvalue weighted by Gasteiger charge is 2.02. The lowest BCUT2D eigenvalue weighted by Crippen LogP contribution is -2.02. The number of hydrogen-bond acceptors (Lipinski definition) is 4. The highest BCUT2D eigenvalue weighted by Crippen LogP contribution is 2.16. The lowest BCUT2D eigenvalue weighted by Gasteiger charge is -2.05. The minimum Gasteiger partial charge on any atom is -0.493 e. The molecular formula is C14H18N2OS. The SMILES string of the molecule is CCCc1nc(CCOc2cccc(N)c2)cs1. The van der Waals surface area contributed by atoms with Crippen LogP contribution >= 0.6 is 11.3 Å². The highest BCUT2D eigenvalue weighted by atomic mass is 32.1. The summed E-state index contributed by atoms with van der Waals surface area (Å²) >= 11 is 1.74. The first-order chi connectivity index (χ1) is 8.78. The van der Waals surface area contributed by atoms with Crippen LogP contribution in [0.15, 0.2) is 29.6 Å². The fourth-order valence-corrected chi connectivity index (χ4v) is 2.60. The van der Waals surface area contributed by atoms with Crippen molar-refractivity contribution in [3.8, 4) is 5.75 Å². The van der Waals surface area contributed by atoms with Gasteiger partial charge in [-0.1, -0.05) is 13.0 Å². The van der Waals surface area contributed by atoms with Gasteiger partial charge in [0.2, 0.25) is 0 Å². The Morgan fingerprint density at radius 2 is 2.22 bits per heavy atom. The van der Waals surface area contributed by atoms with E-state index in [1.54, 1.807) is 11.3 Å². The summed E-state index contributed by atoms with van der Waals surface area (Å²) in [5.41, 5.74) is 7.53. The van der Waals surface area contributed by atoms with Gasteiger partial charge in [-0.15, -0.1) is 11.3 Å². The zero-order valence-electron chi connectivity index (χ0n) is 10.6. The molecule has 1 heterocycles. The second-order valence-electron chi connectivity index (χ2n) is 4.15. The van der Waals surface area contributed by atoms with E-state index < -0.39 is 0 Å². The highest BCUT2D eigenvalue weighted by molar-refractivity contribution is 7.09. The molecule has 2 aromatic rings. The van der Waals surface area contributed by atoms with Crippen molar-refractivity contribution in [1.82, 2.24) is 4.98 Å². The fraction of sp³-hybridized carbons (Fsp3) is 0.357. The standard InChI is InChI=1S/C14H18N2OS/c1-2-4-14-16-12(10-18-14)7-8-17-13-6-3-5-11(15)9-13/h3,5-6,9-10H,2,4,7-8,15H2,1H3. The molecular weight excluding hydrogens is 244 g/mol. The largest absolute Gasteiger partial charge is 0.493 e. The molecule has 0 aliphatic heterocycles. The van der Waals surface area contributed by atoms with Crippen LogP contribution in [-0.2, 0) is 12.8 Å². The molecule has 0 unspecified atom stereocenters. The molecule has 0 aliphatic carbocycles. The molecule has 0 bridgehead atoms. The Labute approximate surface area is 112 Å². The summed E-state index contributed by atoms with van der Waals surface area (Å²) in [6.45, 7) is 2.81. The van der Waals surface area contributed by atoms with E-state index in [1.165, 1.54) is 5.01 Å². The second-order valence-corrected chi connectivity index (χ2v) is 5.10. The number of nitrogens with zero attached hydrogens (tertiary/aromatic N) is 1. The van der Waals surface area contributed by atoms with Gasteiger partial charge >= 0.3 is 0 Å². The van der Waals surface area contributed by atoms with E-state index in [0.29, 0.717) is 6.61 Å². The molecule has 96 valence electrons. The number of ether oxygens (including phenoxy) is 1. The fourth-order valence-electron chi connectivity index (χ4n) is 1.67. The van der Waals surface area contributed by atoms with E-state index >= 15 is 0 Å². The molecule has 0 atom stereocenters. The van der Waals surface area contributed by atoms with Gasteiger partial charge in [0.05, 0.1) is 17.3 Å². The number of anilines is 1. The maximum Gasteiger partial charge on any atom is 0.121 e. The van der Waals surface area contributed by atoms with Gasteiger partial charge in [0.15, 0.2) is 0 Å². The van der Waals surface area contributed by atoms with Crippen molar-refractivity contribution in [3.05, 3.63) is 40.3 Å². The second kappa shape index (κ2) is 6.40. The zero-order valence-corrected chi connectivity index (χ0v) is 11.4. The first kappa shape index (κ1) is 12.9. The molecule has 0 amide bonds. The Bertz CT molecular complexity index is 496. The third-order valence-corrected chi connectivity index (χ3v) is 3.51. The molecule has 0 aliphatic rings. The number of rotatable bonds is 6. The molecule has 0 saturated heterocycles. The number of nitrogen functional groups attached to an aromatic ring is 1. The Morgan fingerprint density at radius 1 is 1.33 bits per heavy atom. The molecule has 0 spiro atoms. The van der Waals surface area contributed by atoms with Crippen LogP contribution in [-0.4, -0.2) is 11.6 Å². The van der Waals surface area contributed by atoms with Crippen LogP contribution < -0.4 is 10.5 Å². The minimum atomic E-state index is 0.638. The number of nitrogens with two attached hydrogens (primary N) is 1. The van der Waals surface area contributed by atoms with Crippen LogP contribution in [0.3, 0.4) is 0 Å². The molecule has 1 aromatic carbocycles. The van der Waals surface area contributed by atoms with Gasteiger partial charge in [-0.05, 0) is 25.0 Å². The smallest absolute Gasteiger partial charge is 0.121 e. The maximum absolute atomic E-state index is 5.69. The molecule has 2 N–H and O–H groups in total. The molecule has 0 fully saturated rings. The van der Waals surface area contributed by atoms with Gasteiger partial charge in [0.25, 0.3) is 0 Å². The molecule has 4 heteroatoms. The van der Waals surface area contributed by atoms with Crippen LogP contribution in [0.4, 0.5) is 5.69 Å². The predicted octanol–water partition coefficient (Wildman–Crippen LogP) is 3.30. The summed E-state index contributed by atoms with van der Waals surface area (Å²) in [6.07, 6.45) is 3.06. The van der Waals surface area contributed by atoms with Gasteiger partial charge in [-0.3, -0.25) is 0 Å². The first-order valence-electron chi connectivity index (χ1n) is 6.19. The van der Waals surface area contributed by atoms with Crippen LogP contribution in [0.25, 0.3) is 0 Å². The number of thiazole rings is 1. The summed E-state index contributed by atoms with van der Waals surface area (Å²) in [6, 6.07) is 7.50. The van der Waals surface area contributed by atoms with Crippen molar-refractivity contribution in [3.63, 3.8) is 0 Å². The Morgan fingerprint density at radius 3 is 3.00 bits per heavy atom. The maximum atomic E-state index is 5.69. The van der Waals surface area contributed by atoms with Crippen LogP contribution in [0.1, 0.15) is 24.0 Å². The van der Waals surface area contributed by atoms with Crippen molar-refractivity contribution in [2.75, 3.05) is 12.3 Å². The van der Waals surface area contributed by atoms with E-state index in [4.69, 9.17) is 10.5 Å². The van der Waals surface area contributed by atoms with Gasteiger partial charge in [0, 0.05) is 23.6 Å². The van der Waals surface area contributed by atoms with Crippen LogP contribution in [0, 0.1) is 0 Å². The van der Waals surface area contributed by atoms with E-state index in [2.05, 4.69) is 17.3 Å². The Balaban J connectivity index is 1.81. The van der Waals surface area contributed by atoms with Crippen molar-refractivity contribution in [2.24, 2.45) is 0 Å². The normalized spacial score (nSPS) is 10.5. The number of aryl methyl sites for hydroxylation is 1. The molecule has 2 rings (SSSR count). The summed E-state index contributed by atoms with van der Waals surface area (Å²) in [5.74, 6) is 0.819. The average Bonchev–Trinajstić information content (AvgIpc) is 2.78. The molecule has 1 aromatic heterocycles. The van der Waals surface area contributed by atoms with Gasteiger partial charge in [0.1, 0.15) is 5.75 Å². The summed E-state index contributed by atoms with van der Waals surface area (Å²) in [4.78, 5) is 4.56. The lowest BCUT2D eigenvalue weighted by atomic mass is 10.3. The Kier molecular flexibility index (Phi) is 4.59. The van der Waals surface area contributed by atoms with Crippen molar-refractivity contribution < 1.29 is 4.74 Å². The topological polar surface area (TPSA) is 48.1 Å². The molecule has 18 heavy (non-hydrogen) atoms. The van der Waals surface area contributed by atoms with E-state index in [9.17, 15) is 0 Å². The Hall–Kier alpha value is -1.55.